The second kappa shape index (κ2) is 10.3. The van der Waals surface area contributed by atoms with Gasteiger partial charge >= 0.3 is 12.1 Å². The first-order valence-electron chi connectivity index (χ1n) is 12.0. The number of carbonyl (C=O) groups is 3. The Morgan fingerprint density at radius 3 is 2.21 bits per heavy atom. The fourth-order valence-corrected chi connectivity index (χ4v) is 5.21. The van der Waals surface area contributed by atoms with Gasteiger partial charge in [0, 0.05) is 18.4 Å². The molecular weight excluding hydrogens is 432 g/mol. The first-order valence-corrected chi connectivity index (χ1v) is 12.0. The highest BCUT2D eigenvalue weighted by Crippen LogP contribution is 2.44. The number of aliphatic carboxylic acids is 1. The van der Waals surface area contributed by atoms with Gasteiger partial charge < -0.3 is 20.5 Å². The number of amides is 2. The molecule has 1 fully saturated rings. The molecule has 2 aliphatic rings. The van der Waals surface area contributed by atoms with Gasteiger partial charge in [0.05, 0.1) is 0 Å². The minimum absolute atomic E-state index is 0.0151. The molecule has 0 aliphatic heterocycles. The average molecular weight is 465 g/mol. The Balaban J connectivity index is 1.26. The van der Waals surface area contributed by atoms with Gasteiger partial charge in [0.15, 0.2) is 0 Å². The fraction of sp³-hybridized carbons (Fsp3) is 0.444. The molecule has 0 bridgehead atoms. The zero-order valence-electron chi connectivity index (χ0n) is 19.6. The number of hydrogen-bond acceptors (Lipinski definition) is 4. The van der Waals surface area contributed by atoms with Crippen molar-refractivity contribution in [1.82, 2.24) is 10.6 Å². The zero-order valence-corrected chi connectivity index (χ0v) is 19.6. The number of carboxylic acid groups (broad SMARTS) is 1. The van der Waals surface area contributed by atoms with Crippen molar-refractivity contribution in [2.24, 2.45) is 11.8 Å². The third-order valence-electron chi connectivity index (χ3n) is 6.93. The summed E-state index contributed by atoms with van der Waals surface area (Å²) in [5.41, 5.74) is 4.72. The Kier molecular flexibility index (Phi) is 7.20. The van der Waals surface area contributed by atoms with Gasteiger partial charge in [-0.25, -0.2) is 9.59 Å². The van der Waals surface area contributed by atoms with Gasteiger partial charge in [0.1, 0.15) is 12.6 Å². The van der Waals surface area contributed by atoms with Crippen LogP contribution in [0.1, 0.15) is 56.6 Å². The monoisotopic (exact) mass is 464 g/mol. The number of benzene rings is 2. The van der Waals surface area contributed by atoms with E-state index < -0.39 is 18.1 Å². The zero-order chi connectivity index (χ0) is 24.2. The van der Waals surface area contributed by atoms with Gasteiger partial charge in [0.25, 0.3) is 0 Å². The molecule has 0 radical (unpaired) electrons. The van der Waals surface area contributed by atoms with Crippen LogP contribution in [-0.4, -0.2) is 41.8 Å². The molecule has 3 N–H and O–H groups in total. The number of rotatable bonds is 8. The molecule has 3 atom stereocenters. The van der Waals surface area contributed by atoms with Crippen LogP contribution in [-0.2, 0) is 14.3 Å². The van der Waals surface area contributed by atoms with Crippen molar-refractivity contribution in [3.8, 4) is 11.1 Å². The van der Waals surface area contributed by atoms with Crippen LogP contribution >= 0.6 is 0 Å². The average Bonchev–Trinajstić information content (AvgIpc) is 3.37. The van der Waals surface area contributed by atoms with Gasteiger partial charge in [0.2, 0.25) is 5.91 Å². The molecule has 0 aromatic heterocycles. The summed E-state index contributed by atoms with van der Waals surface area (Å²) in [5, 5.41) is 14.8. The Morgan fingerprint density at radius 2 is 1.62 bits per heavy atom. The highest BCUT2D eigenvalue weighted by Gasteiger charge is 2.32. The van der Waals surface area contributed by atoms with Crippen molar-refractivity contribution in [3.05, 3.63) is 59.7 Å². The van der Waals surface area contributed by atoms with Crippen LogP contribution < -0.4 is 10.6 Å². The van der Waals surface area contributed by atoms with Gasteiger partial charge in [-0.2, -0.15) is 0 Å². The quantitative estimate of drug-likeness (QED) is 0.540. The molecule has 0 unspecified atom stereocenters. The molecule has 0 saturated heterocycles. The first-order chi connectivity index (χ1) is 16.3. The standard InChI is InChI=1S/C27H32N2O5/c1-16(2)25(26(31)32)29-24(30)14-17-11-12-18(13-17)28-27(33)34-15-23-21-9-5-3-7-19(21)20-8-4-6-10-22(20)23/h3-10,16-18,23,25H,11-15H2,1-2H3,(H,28,33)(H,29,30)(H,31,32)/t17-,18+,25-/m0/s1. The lowest BCUT2D eigenvalue weighted by Crippen LogP contribution is -2.44. The van der Waals surface area contributed by atoms with Crippen LogP contribution in [0.15, 0.2) is 48.5 Å². The van der Waals surface area contributed by atoms with E-state index >= 15 is 0 Å². The number of nitrogens with one attached hydrogen (secondary N) is 2. The Labute approximate surface area is 199 Å². The van der Waals surface area contributed by atoms with Gasteiger partial charge in [-0.05, 0) is 53.4 Å². The van der Waals surface area contributed by atoms with E-state index in [0.29, 0.717) is 6.42 Å². The number of alkyl carbamates (subject to hydrolysis) is 1. The van der Waals surface area contributed by atoms with E-state index in [2.05, 4.69) is 34.9 Å². The van der Waals surface area contributed by atoms with Crippen molar-refractivity contribution in [1.29, 1.82) is 0 Å². The minimum atomic E-state index is -1.02. The Morgan fingerprint density at radius 1 is 1.00 bits per heavy atom. The Bertz CT molecular complexity index is 1020. The number of carbonyl (C=O) groups excluding carboxylic acids is 2. The summed E-state index contributed by atoms with van der Waals surface area (Å²) in [7, 11) is 0. The summed E-state index contributed by atoms with van der Waals surface area (Å²) >= 11 is 0. The van der Waals surface area contributed by atoms with E-state index in [4.69, 9.17) is 4.74 Å². The maximum Gasteiger partial charge on any atom is 0.407 e. The van der Waals surface area contributed by atoms with E-state index in [-0.39, 0.29) is 42.7 Å². The number of fused-ring (bicyclic) bond motifs is 3. The normalized spacial score (nSPS) is 19.9. The highest BCUT2D eigenvalue weighted by molar-refractivity contribution is 5.84. The summed E-state index contributed by atoms with van der Waals surface area (Å²) in [6, 6.07) is 15.5. The third-order valence-corrected chi connectivity index (χ3v) is 6.93. The molecule has 2 aromatic carbocycles. The minimum Gasteiger partial charge on any atom is -0.480 e. The summed E-state index contributed by atoms with van der Waals surface area (Å²) in [5.74, 6) is -1.34. The van der Waals surface area contributed by atoms with Crippen molar-refractivity contribution in [3.63, 3.8) is 0 Å². The molecule has 1 saturated carbocycles. The molecule has 2 aromatic rings. The lowest BCUT2D eigenvalue weighted by atomic mass is 9.98. The molecule has 2 amide bonds. The molecular formula is C27H32N2O5. The number of hydrogen-bond donors (Lipinski definition) is 3. The van der Waals surface area contributed by atoms with Crippen LogP contribution in [0, 0.1) is 11.8 Å². The van der Waals surface area contributed by atoms with Gasteiger partial charge in [-0.15, -0.1) is 0 Å². The smallest absolute Gasteiger partial charge is 0.407 e. The second-order valence-electron chi connectivity index (χ2n) is 9.68. The molecule has 7 nitrogen and oxygen atoms in total. The largest absolute Gasteiger partial charge is 0.480 e. The number of carboxylic acids is 1. The Hall–Kier alpha value is -3.35. The predicted molar refractivity (Wildman–Crippen MR) is 128 cm³/mol. The summed E-state index contributed by atoms with van der Waals surface area (Å²) in [6.45, 7) is 3.80. The van der Waals surface area contributed by atoms with E-state index in [1.165, 1.54) is 22.3 Å². The van der Waals surface area contributed by atoms with E-state index in [9.17, 15) is 19.5 Å². The molecule has 4 rings (SSSR count). The predicted octanol–water partition coefficient (Wildman–Crippen LogP) is 4.31. The molecule has 0 spiro atoms. The SMILES string of the molecule is CC(C)[C@H](NC(=O)C[C@H]1CC[C@@H](NC(=O)OCC2c3ccccc3-c3ccccc32)C1)C(=O)O. The molecule has 0 heterocycles. The van der Waals surface area contributed by atoms with Crippen molar-refractivity contribution in [2.75, 3.05) is 6.61 Å². The first kappa shape index (κ1) is 23.8. The van der Waals surface area contributed by atoms with Crippen molar-refractivity contribution >= 4 is 18.0 Å². The summed E-state index contributed by atoms with van der Waals surface area (Å²) < 4.78 is 5.63. The van der Waals surface area contributed by atoms with Crippen LogP contribution in [0.25, 0.3) is 11.1 Å². The highest BCUT2D eigenvalue weighted by atomic mass is 16.5. The molecule has 34 heavy (non-hydrogen) atoms. The van der Waals surface area contributed by atoms with Gasteiger partial charge in [-0.1, -0.05) is 62.4 Å². The van der Waals surface area contributed by atoms with E-state index in [0.717, 1.165) is 12.8 Å². The molecule has 180 valence electrons. The lowest BCUT2D eigenvalue weighted by Gasteiger charge is -2.19. The van der Waals surface area contributed by atoms with Gasteiger partial charge in [-0.3, -0.25) is 4.79 Å². The van der Waals surface area contributed by atoms with Crippen molar-refractivity contribution in [2.45, 2.75) is 57.5 Å². The topological polar surface area (TPSA) is 105 Å². The fourth-order valence-electron chi connectivity index (χ4n) is 5.21. The number of ether oxygens (including phenoxy) is 1. The summed E-state index contributed by atoms with van der Waals surface area (Å²) in [6.07, 6.45) is 2.08. The summed E-state index contributed by atoms with van der Waals surface area (Å²) in [4.78, 5) is 36.1. The van der Waals surface area contributed by atoms with Crippen LogP contribution in [0.5, 0.6) is 0 Å². The van der Waals surface area contributed by atoms with Crippen LogP contribution in [0.4, 0.5) is 4.79 Å². The van der Waals surface area contributed by atoms with Crippen molar-refractivity contribution < 1.29 is 24.2 Å². The second-order valence-corrected chi connectivity index (χ2v) is 9.68. The van der Waals surface area contributed by atoms with E-state index in [1.807, 2.05) is 24.3 Å². The maximum absolute atomic E-state index is 12.5. The molecule has 7 heteroatoms. The lowest BCUT2D eigenvalue weighted by molar-refractivity contribution is -0.143. The van der Waals surface area contributed by atoms with Crippen LogP contribution in [0.3, 0.4) is 0 Å². The van der Waals surface area contributed by atoms with Crippen LogP contribution in [0.2, 0.25) is 0 Å². The van der Waals surface area contributed by atoms with E-state index in [1.54, 1.807) is 13.8 Å². The molecule has 2 aliphatic carbocycles. The maximum atomic E-state index is 12.5. The third kappa shape index (κ3) is 5.24.